The molecule has 0 spiro atoms. The predicted octanol–water partition coefficient (Wildman–Crippen LogP) is 8.78. The number of para-hydroxylation sites is 1. The van der Waals surface area contributed by atoms with Gasteiger partial charge in [0.2, 0.25) is 0 Å². The van der Waals surface area contributed by atoms with Gasteiger partial charge in [0, 0.05) is 79.2 Å². The van der Waals surface area contributed by atoms with Crippen molar-refractivity contribution in [3.05, 3.63) is 83.9 Å². The Hall–Kier alpha value is -3.21. The van der Waals surface area contributed by atoms with Gasteiger partial charge in [-0.15, -0.1) is 29.3 Å². The van der Waals surface area contributed by atoms with Crippen molar-refractivity contribution in [1.29, 1.82) is 0 Å². The van der Waals surface area contributed by atoms with E-state index in [0.29, 0.717) is 0 Å². The van der Waals surface area contributed by atoms with Gasteiger partial charge in [-0.05, 0) is 35.7 Å². The van der Waals surface area contributed by atoms with Crippen LogP contribution in [0.1, 0.15) is 59.7 Å². The van der Waals surface area contributed by atoms with Gasteiger partial charge in [-0.3, -0.25) is 4.79 Å². The van der Waals surface area contributed by atoms with Crippen molar-refractivity contribution < 1.29 is 30.0 Å². The molecular weight excluding hydrogens is 687 g/mol. The topological polar surface area (TPSA) is 58.4 Å². The number of hydrogen-bond donors (Lipinski definition) is 1. The number of aryl methyl sites for hydroxylation is 1. The van der Waals surface area contributed by atoms with Crippen molar-refractivity contribution in [2.45, 2.75) is 61.8 Å². The maximum atomic E-state index is 11.0. The van der Waals surface area contributed by atoms with E-state index in [9.17, 15) is 9.90 Å². The molecular formula is C35H42IrN3O2-. The molecule has 6 heteroatoms. The van der Waals surface area contributed by atoms with Crippen molar-refractivity contribution in [2.75, 3.05) is 11.9 Å². The molecule has 219 valence electrons. The molecule has 2 aromatic heterocycles. The van der Waals surface area contributed by atoms with Crippen LogP contribution in [0.25, 0.3) is 27.8 Å². The molecule has 5 rings (SSSR count). The van der Waals surface area contributed by atoms with Crippen molar-refractivity contribution in [3.63, 3.8) is 0 Å². The Balaban J connectivity index is 0.000000331. The van der Waals surface area contributed by atoms with E-state index in [1.54, 1.807) is 0 Å². The minimum absolute atomic E-state index is 0. The smallest absolute Gasteiger partial charge is 0.161 e. The van der Waals surface area contributed by atoms with Crippen LogP contribution in [-0.2, 0) is 31.3 Å². The zero-order valence-corrected chi connectivity index (χ0v) is 28.1. The fraction of sp³-hybridized carbons (Fsp3) is 0.371. The third-order valence-electron chi connectivity index (χ3n) is 7.12. The third-order valence-corrected chi connectivity index (χ3v) is 7.12. The molecule has 1 N–H and O–H groups in total. The van der Waals surface area contributed by atoms with Crippen LogP contribution in [-0.4, -0.2) is 27.5 Å². The molecule has 0 amide bonds. The number of ketones is 1. The number of nitrogens with zero attached hydrogens (tertiary/aromatic N) is 3. The van der Waals surface area contributed by atoms with Gasteiger partial charge in [0.15, 0.2) is 5.78 Å². The van der Waals surface area contributed by atoms with Crippen LogP contribution in [0, 0.1) is 30.2 Å². The minimum Gasteiger partial charge on any atom is -0.512 e. The molecule has 0 saturated carbocycles. The maximum Gasteiger partial charge on any atom is 0.161 e. The van der Waals surface area contributed by atoms with E-state index in [1.165, 1.54) is 39.7 Å². The molecule has 0 bridgehead atoms. The molecule has 3 heterocycles. The van der Waals surface area contributed by atoms with Crippen molar-refractivity contribution >= 4 is 28.1 Å². The molecule has 1 aliphatic heterocycles. The van der Waals surface area contributed by atoms with Crippen molar-refractivity contribution in [2.24, 2.45) is 17.3 Å². The third kappa shape index (κ3) is 6.82. The predicted molar refractivity (Wildman–Crippen MR) is 167 cm³/mol. The number of aromatic nitrogens is 2. The Bertz CT molecular complexity index is 1560. The van der Waals surface area contributed by atoms with E-state index in [-0.39, 0.29) is 48.9 Å². The van der Waals surface area contributed by atoms with E-state index >= 15 is 0 Å². The van der Waals surface area contributed by atoms with Gasteiger partial charge >= 0.3 is 0 Å². The second-order valence-corrected chi connectivity index (χ2v) is 12.5. The molecule has 1 radical (unpaired) electrons. The summed E-state index contributed by atoms with van der Waals surface area (Å²) in [5.41, 5.74) is 9.61. The first kappa shape index (κ1) is 32.3. The molecule has 1 aliphatic rings. The van der Waals surface area contributed by atoms with E-state index in [2.05, 4.69) is 98.8 Å². The second kappa shape index (κ2) is 12.8. The van der Waals surface area contributed by atoms with Gasteiger partial charge in [-0.1, -0.05) is 73.6 Å². The Labute approximate surface area is 258 Å². The number of benzene rings is 2. The maximum absolute atomic E-state index is 11.0. The van der Waals surface area contributed by atoms with Crippen molar-refractivity contribution in [1.82, 2.24) is 9.55 Å². The Morgan fingerprint density at radius 3 is 2.27 bits per heavy atom. The number of anilines is 2. The summed E-state index contributed by atoms with van der Waals surface area (Å²) in [6.07, 6.45) is 4.23. The van der Waals surface area contributed by atoms with E-state index in [1.807, 2.05) is 33.9 Å². The van der Waals surface area contributed by atoms with Crippen LogP contribution in [0.2, 0.25) is 0 Å². The van der Waals surface area contributed by atoms with Gasteiger partial charge in [-0.2, -0.15) is 0 Å². The zero-order chi connectivity index (χ0) is 29.4. The van der Waals surface area contributed by atoms with Gasteiger partial charge in [0.1, 0.15) is 0 Å². The molecule has 0 fully saturated rings. The van der Waals surface area contributed by atoms with Gasteiger partial charge in [-0.25, -0.2) is 0 Å². The number of hydrogen-bond acceptors (Lipinski definition) is 4. The van der Waals surface area contributed by atoms with Gasteiger partial charge in [0.25, 0.3) is 0 Å². The molecule has 41 heavy (non-hydrogen) atoms. The Kier molecular flexibility index (Phi) is 10.0. The summed E-state index contributed by atoms with van der Waals surface area (Å²) in [6.45, 7) is 16.3. The number of carbonyl (C=O) groups excluding carboxylic acids is 1. The van der Waals surface area contributed by atoms with E-state index in [0.717, 1.165) is 23.2 Å². The fourth-order valence-corrected chi connectivity index (χ4v) is 5.00. The molecule has 0 aliphatic carbocycles. The van der Waals surface area contributed by atoms with Crippen LogP contribution < -0.4 is 4.90 Å². The van der Waals surface area contributed by atoms with Gasteiger partial charge in [0.05, 0.1) is 11.4 Å². The fourth-order valence-electron chi connectivity index (χ4n) is 5.00. The number of aliphatic hydroxyl groups excluding tert-OH is 1. The van der Waals surface area contributed by atoms with Crippen LogP contribution in [0.5, 0.6) is 0 Å². The van der Waals surface area contributed by atoms with E-state index < -0.39 is 0 Å². The SMILES string of the molecule is CC(C)C(=O)/C=C(\O)C(C)C.Cc1[c-]c2c(cc1)N(C)c1c(CC(C)(C)C)n(-c3ccccc3)c3ccnc-2c13.[Ir]. The van der Waals surface area contributed by atoms with Crippen LogP contribution in [0.3, 0.4) is 0 Å². The number of fused-ring (bicyclic) bond motifs is 2. The Morgan fingerprint density at radius 1 is 1.02 bits per heavy atom. The summed E-state index contributed by atoms with van der Waals surface area (Å²) in [5.74, 6) is 0.161. The Morgan fingerprint density at radius 2 is 1.68 bits per heavy atom. The molecule has 2 aromatic carbocycles. The number of carbonyl (C=O) groups is 1. The number of allylic oxidation sites excluding steroid dienone is 2. The average molecular weight is 729 g/mol. The number of aliphatic hydroxyl groups is 1. The molecule has 0 atom stereocenters. The minimum atomic E-state index is -0.0316. The monoisotopic (exact) mass is 729 g/mol. The molecule has 0 unspecified atom stereocenters. The number of rotatable bonds is 5. The standard InChI is InChI=1S/C26H26N3.C9H16O2.Ir/c1-17-11-12-20-19(15-17)24-23-21(13-14-27-24)29(18-9-7-6-8-10-18)22(16-26(2,3)4)25(23)28(20)5;1-6(2)8(10)5-9(11)7(3)4;/h6-14H,16H2,1-5H3;5-7,10H,1-4H3;/q-1;;/b;8-5-;. The quantitative estimate of drug-likeness (QED) is 0.127. The first-order chi connectivity index (χ1) is 18.8. The first-order valence-electron chi connectivity index (χ1n) is 14.1. The average Bonchev–Trinajstić information content (AvgIpc) is 3.20. The van der Waals surface area contributed by atoms with Crippen LogP contribution >= 0.6 is 0 Å². The molecule has 0 saturated heterocycles. The van der Waals surface area contributed by atoms with Gasteiger partial charge < -0.3 is 19.6 Å². The second-order valence-electron chi connectivity index (χ2n) is 12.5. The van der Waals surface area contributed by atoms with E-state index in [4.69, 9.17) is 4.98 Å². The summed E-state index contributed by atoms with van der Waals surface area (Å²) >= 11 is 0. The summed E-state index contributed by atoms with van der Waals surface area (Å²) in [6, 6.07) is 20.7. The zero-order valence-electron chi connectivity index (χ0n) is 25.7. The summed E-state index contributed by atoms with van der Waals surface area (Å²) < 4.78 is 2.43. The van der Waals surface area contributed by atoms with Crippen LogP contribution in [0.4, 0.5) is 11.4 Å². The molecule has 5 nitrogen and oxygen atoms in total. The van der Waals surface area contributed by atoms with Crippen molar-refractivity contribution in [3.8, 4) is 16.9 Å². The normalized spacial score (nSPS) is 12.7. The first-order valence-corrected chi connectivity index (χ1v) is 14.1. The van der Waals surface area contributed by atoms with Crippen LogP contribution in [0.15, 0.2) is 66.6 Å². The molecule has 4 aromatic rings. The summed E-state index contributed by atoms with van der Waals surface area (Å²) in [5, 5.41) is 10.4. The largest absolute Gasteiger partial charge is 0.512 e. The summed E-state index contributed by atoms with van der Waals surface area (Å²) in [7, 11) is 2.17. The summed E-state index contributed by atoms with van der Waals surface area (Å²) in [4.78, 5) is 18.2. The number of pyridine rings is 1.